The summed E-state index contributed by atoms with van der Waals surface area (Å²) in [7, 11) is 0. The average Bonchev–Trinajstić information content (AvgIpc) is 2.51. The Hall–Kier alpha value is -0.490. The van der Waals surface area contributed by atoms with E-state index in [0.717, 1.165) is 17.1 Å². The van der Waals surface area contributed by atoms with E-state index in [9.17, 15) is 0 Å². The Morgan fingerprint density at radius 3 is 3.00 bits per heavy atom. The first-order valence-corrected chi connectivity index (χ1v) is 4.40. The molecule has 1 aliphatic rings. The van der Waals surface area contributed by atoms with Crippen LogP contribution in [0.3, 0.4) is 0 Å². The van der Waals surface area contributed by atoms with Crippen LogP contribution in [0.15, 0.2) is 18.2 Å². The van der Waals surface area contributed by atoms with Crippen molar-refractivity contribution in [2.75, 3.05) is 6.79 Å². The number of benzene rings is 1. The molecule has 1 heterocycles. The number of ether oxygens (including phenoxy) is 2. The van der Waals surface area contributed by atoms with Crippen LogP contribution in [0.4, 0.5) is 0 Å². The van der Waals surface area contributed by atoms with E-state index >= 15 is 0 Å². The van der Waals surface area contributed by atoms with Crippen LogP contribution in [0.5, 0.6) is 11.5 Å². The van der Waals surface area contributed by atoms with Gasteiger partial charge in [-0.1, -0.05) is 6.07 Å². The lowest BCUT2D eigenvalue weighted by Gasteiger charge is -1.99. The van der Waals surface area contributed by atoms with E-state index in [4.69, 9.17) is 12.5 Å². The van der Waals surface area contributed by atoms with Gasteiger partial charge in [-0.2, -0.15) is 0 Å². The Morgan fingerprint density at radius 2 is 2.17 bits per heavy atom. The van der Waals surface area contributed by atoms with Crippen LogP contribution in [-0.2, 0) is 9.67 Å². The Bertz CT molecular complexity index is 288. The van der Waals surface area contributed by atoms with Crippen molar-refractivity contribution in [1.82, 2.24) is 0 Å². The van der Waals surface area contributed by atoms with Crippen molar-refractivity contribution >= 4 is 23.0 Å². The quantitative estimate of drug-likeness (QED) is 0.777. The predicted octanol–water partition coefficient (Wildman–Crippen LogP) is 2.28. The summed E-state index contributed by atoms with van der Waals surface area (Å²) in [4.78, 5) is 0. The summed E-state index contributed by atoms with van der Waals surface area (Å²) in [5, 5.41) is 0. The molecule has 0 unspecified atom stereocenters. The van der Waals surface area contributed by atoms with Crippen molar-refractivity contribution in [3.05, 3.63) is 23.8 Å². The molecule has 0 saturated heterocycles. The second-order valence-corrected chi connectivity index (χ2v) is 3.06. The third-order valence-electron chi connectivity index (χ3n) is 1.66. The first-order chi connectivity index (χ1) is 5.90. The van der Waals surface area contributed by atoms with Crippen LogP contribution in [0.1, 0.15) is 5.56 Å². The highest BCUT2D eigenvalue weighted by molar-refractivity contribution is 14.1. The maximum atomic E-state index is 5.21. The summed E-state index contributed by atoms with van der Waals surface area (Å²) < 4.78 is 15.3. The molecule has 0 spiro atoms. The van der Waals surface area contributed by atoms with E-state index in [1.807, 2.05) is 41.2 Å². The van der Waals surface area contributed by atoms with Crippen molar-refractivity contribution in [2.24, 2.45) is 0 Å². The predicted molar refractivity (Wildman–Crippen MR) is 51.4 cm³/mol. The molecule has 64 valence electrons. The second-order valence-electron chi connectivity index (χ2n) is 2.44. The number of hydrogen-bond donors (Lipinski definition) is 0. The van der Waals surface area contributed by atoms with Gasteiger partial charge in [-0.3, -0.25) is 0 Å². The van der Waals surface area contributed by atoms with Crippen molar-refractivity contribution < 1.29 is 12.5 Å². The highest BCUT2D eigenvalue weighted by Crippen LogP contribution is 2.32. The van der Waals surface area contributed by atoms with Gasteiger partial charge >= 0.3 is 0 Å². The molecule has 0 radical (unpaired) electrons. The van der Waals surface area contributed by atoms with E-state index in [2.05, 4.69) is 0 Å². The van der Waals surface area contributed by atoms with Crippen molar-refractivity contribution in [1.29, 1.82) is 0 Å². The van der Waals surface area contributed by atoms with Gasteiger partial charge in [0.15, 0.2) is 11.5 Å². The summed E-state index contributed by atoms with van der Waals surface area (Å²) in [5.41, 5.74) is 1.09. The largest absolute Gasteiger partial charge is 0.454 e. The average molecular weight is 278 g/mol. The van der Waals surface area contributed by atoms with Crippen LogP contribution in [0, 0.1) is 0 Å². The lowest BCUT2D eigenvalue weighted by Crippen LogP contribution is -1.92. The Kier molecular flexibility index (Phi) is 2.36. The molecule has 3 nitrogen and oxygen atoms in total. The molecule has 0 N–H and O–H groups in total. The number of rotatable bonds is 2. The zero-order chi connectivity index (χ0) is 8.39. The highest BCUT2D eigenvalue weighted by Gasteiger charge is 2.12. The summed E-state index contributed by atoms with van der Waals surface area (Å²) >= 11 is 1.87. The molecule has 2 rings (SSSR count). The van der Waals surface area contributed by atoms with Gasteiger partial charge in [-0.25, -0.2) is 0 Å². The van der Waals surface area contributed by atoms with Gasteiger partial charge in [0.2, 0.25) is 6.79 Å². The second kappa shape index (κ2) is 3.49. The monoisotopic (exact) mass is 278 g/mol. The Balaban J connectivity index is 2.26. The molecule has 0 saturated carbocycles. The van der Waals surface area contributed by atoms with Crippen molar-refractivity contribution in [3.8, 4) is 11.5 Å². The molecule has 0 atom stereocenters. The zero-order valence-corrected chi connectivity index (χ0v) is 8.41. The fourth-order valence-electron chi connectivity index (χ4n) is 1.09. The maximum Gasteiger partial charge on any atom is 0.231 e. The fraction of sp³-hybridized carbons (Fsp3) is 0.250. The molecule has 0 amide bonds. The molecule has 1 aromatic rings. The standard InChI is InChI=1S/C8H7IO3/c9-12-4-6-1-2-7-8(3-6)11-5-10-7/h1-3H,4-5H2. The summed E-state index contributed by atoms with van der Waals surface area (Å²) in [6, 6.07) is 5.79. The molecule has 4 heteroatoms. The van der Waals surface area contributed by atoms with Crippen LogP contribution >= 0.6 is 23.0 Å². The van der Waals surface area contributed by atoms with Gasteiger partial charge in [-0.05, 0) is 17.7 Å². The molecule has 0 fully saturated rings. The third-order valence-corrected chi connectivity index (χ3v) is 1.97. The summed E-state index contributed by atoms with van der Waals surface area (Å²) in [6.45, 7) is 0.918. The van der Waals surface area contributed by atoms with Gasteiger partial charge in [0, 0.05) is 0 Å². The molecule has 0 aromatic heterocycles. The van der Waals surface area contributed by atoms with Gasteiger partial charge in [-0.15, -0.1) is 0 Å². The lowest BCUT2D eigenvalue weighted by molar-refractivity contribution is 0.174. The van der Waals surface area contributed by atoms with Crippen LogP contribution in [0.2, 0.25) is 0 Å². The number of hydrogen-bond acceptors (Lipinski definition) is 3. The molecule has 0 bridgehead atoms. The smallest absolute Gasteiger partial charge is 0.231 e. The molecular weight excluding hydrogens is 271 g/mol. The molecule has 0 aliphatic carbocycles. The van der Waals surface area contributed by atoms with E-state index in [0.29, 0.717) is 13.4 Å². The van der Waals surface area contributed by atoms with Crippen molar-refractivity contribution in [3.63, 3.8) is 0 Å². The van der Waals surface area contributed by atoms with E-state index in [1.54, 1.807) is 0 Å². The van der Waals surface area contributed by atoms with Gasteiger partial charge < -0.3 is 12.5 Å². The number of halogens is 1. The lowest BCUT2D eigenvalue weighted by atomic mass is 10.2. The highest BCUT2D eigenvalue weighted by atomic mass is 127. The van der Waals surface area contributed by atoms with Crippen LogP contribution in [0.25, 0.3) is 0 Å². The Labute approximate surface area is 84.3 Å². The normalized spacial score (nSPS) is 13.4. The first-order valence-electron chi connectivity index (χ1n) is 3.52. The maximum absolute atomic E-state index is 5.21. The first kappa shape index (κ1) is 8.12. The van der Waals surface area contributed by atoms with Gasteiger partial charge in [0.25, 0.3) is 0 Å². The molecule has 1 aliphatic heterocycles. The van der Waals surface area contributed by atoms with Crippen molar-refractivity contribution in [2.45, 2.75) is 6.61 Å². The van der Waals surface area contributed by atoms with E-state index < -0.39 is 0 Å². The van der Waals surface area contributed by atoms with Crippen LogP contribution in [-0.4, -0.2) is 6.79 Å². The van der Waals surface area contributed by atoms with Crippen LogP contribution < -0.4 is 9.47 Å². The summed E-state index contributed by atoms with van der Waals surface area (Å²) in [5.74, 6) is 1.62. The summed E-state index contributed by atoms with van der Waals surface area (Å²) in [6.07, 6.45) is 0. The minimum Gasteiger partial charge on any atom is -0.454 e. The number of fused-ring (bicyclic) bond motifs is 1. The zero-order valence-electron chi connectivity index (χ0n) is 6.25. The van der Waals surface area contributed by atoms with Gasteiger partial charge in [0.1, 0.15) is 23.0 Å². The van der Waals surface area contributed by atoms with E-state index in [1.165, 1.54) is 0 Å². The fourth-order valence-corrected chi connectivity index (χ4v) is 1.45. The molecule has 1 aromatic carbocycles. The third kappa shape index (κ3) is 1.49. The molecular formula is C8H7IO3. The topological polar surface area (TPSA) is 27.7 Å². The van der Waals surface area contributed by atoms with Gasteiger partial charge in [0.05, 0.1) is 6.61 Å². The SMILES string of the molecule is IOCc1ccc2c(c1)OCO2. The minimum absolute atomic E-state index is 0.323. The molecule has 12 heavy (non-hydrogen) atoms. The Morgan fingerprint density at radius 1 is 1.33 bits per heavy atom. The van der Waals surface area contributed by atoms with E-state index in [-0.39, 0.29) is 0 Å². The minimum atomic E-state index is 0.323.